The summed E-state index contributed by atoms with van der Waals surface area (Å²) in [5.41, 5.74) is 17.3. The summed E-state index contributed by atoms with van der Waals surface area (Å²) < 4.78 is 0. The second-order valence-corrected chi connectivity index (χ2v) is 17.3. The van der Waals surface area contributed by atoms with Crippen LogP contribution >= 0.6 is 0 Å². The van der Waals surface area contributed by atoms with E-state index in [1.807, 2.05) is 0 Å². The Kier molecular flexibility index (Phi) is 7.49. The lowest BCUT2D eigenvalue weighted by Gasteiger charge is -2.61. The molecule has 1 nitrogen and oxygen atoms in total. The van der Waals surface area contributed by atoms with E-state index in [0.29, 0.717) is 0 Å². The number of anilines is 3. The predicted octanol–water partition coefficient (Wildman–Crippen LogP) is 15.0. The van der Waals surface area contributed by atoms with Crippen molar-refractivity contribution < 1.29 is 0 Å². The van der Waals surface area contributed by atoms with Gasteiger partial charge in [-0.05, 0) is 153 Å². The van der Waals surface area contributed by atoms with Crippen LogP contribution in [0.1, 0.15) is 43.2 Å². The minimum absolute atomic E-state index is 0.206. The fraction of sp³-hybridized carbons (Fsp3) is 0.179. The quantitative estimate of drug-likeness (QED) is 0.165. The van der Waals surface area contributed by atoms with Gasteiger partial charge in [-0.2, -0.15) is 0 Å². The van der Waals surface area contributed by atoms with Crippen molar-refractivity contribution in [2.75, 3.05) is 4.90 Å². The van der Waals surface area contributed by atoms with Crippen molar-refractivity contribution in [3.8, 4) is 44.5 Å². The number of nitrogens with zero attached hydrogens (tertiary/aromatic N) is 1. The maximum absolute atomic E-state index is 2.54. The highest BCUT2D eigenvalue weighted by molar-refractivity contribution is 5.97. The van der Waals surface area contributed by atoms with Gasteiger partial charge in [-0.1, -0.05) is 152 Å². The molecule has 0 unspecified atom stereocenters. The smallest absolute Gasteiger partial charge is 0.0540 e. The largest absolute Gasteiger partial charge is 0.310 e. The summed E-state index contributed by atoms with van der Waals surface area (Å²) in [6.07, 6.45) is 7.15. The van der Waals surface area contributed by atoms with Gasteiger partial charge in [0.2, 0.25) is 0 Å². The van der Waals surface area contributed by atoms with Gasteiger partial charge in [0.05, 0.1) is 5.69 Å². The fourth-order valence-electron chi connectivity index (χ4n) is 12.4. The molecule has 8 aromatic rings. The van der Waals surface area contributed by atoms with Crippen LogP contribution in [0.25, 0.3) is 55.3 Å². The Morgan fingerprint density at radius 2 is 0.912 bits per heavy atom. The molecular formula is C56H45N. The molecule has 0 heterocycles. The Balaban J connectivity index is 0.945. The molecule has 57 heavy (non-hydrogen) atoms. The third-order valence-corrected chi connectivity index (χ3v) is 14.5. The number of benzene rings is 8. The highest BCUT2D eigenvalue weighted by Crippen LogP contribution is 2.69. The van der Waals surface area contributed by atoms with Gasteiger partial charge in [0.25, 0.3) is 0 Å². The monoisotopic (exact) mass is 731 g/mol. The van der Waals surface area contributed by atoms with Crippen LogP contribution in [0.3, 0.4) is 0 Å². The average Bonchev–Trinajstić information content (AvgIpc) is 3.56. The van der Waals surface area contributed by atoms with Crippen LogP contribution < -0.4 is 4.90 Å². The Hall–Kier alpha value is -6.18. The maximum Gasteiger partial charge on any atom is 0.0540 e. The molecule has 0 N–H and O–H groups in total. The molecule has 0 radical (unpaired) electrons. The van der Waals surface area contributed by atoms with Gasteiger partial charge in [-0.3, -0.25) is 0 Å². The highest BCUT2D eigenvalue weighted by Gasteiger charge is 2.61. The molecule has 1 spiro atoms. The van der Waals surface area contributed by atoms with Gasteiger partial charge >= 0.3 is 0 Å². The lowest BCUT2D eigenvalue weighted by molar-refractivity contribution is -0.0399. The first-order valence-electron chi connectivity index (χ1n) is 21.1. The van der Waals surface area contributed by atoms with E-state index >= 15 is 0 Å². The molecule has 4 saturated carbocycles. The summed E-state index contributed by atoms with van der Waals surface area (Å²) in [6, 6.07) is 70.2. The van der Waals surface area contributed by atoms with Crippen molar-refractivity contribution in [2.24, 2.45) is 23.7 Å². The summed E-state index contributed by atoms with van der Waals surface area (Å²) in [7, 11) is 0. The summed E-state index contributed by atoms with van der Waals surface area (Å²) in [5.74, 6) is 3.47. The van der Waals surface area contributed by atoms with E-state index in [2.05, 4.69) is 193 Å². The zero-order valence-electron chi connectivity index (χ0n) is 32.2. The normalized spacial score (nSPS) is 22.5. The van der Waals surface area contributed by atoms with Crippen LogP contribution in [0, 0.1) is 23.7 Å². The van der Waals surface area contributed by atoms with Gasteiger partial charge in [-0.25, -0.2) is 0 Å². The topological polar surface area (TPSA) is 3.24 Å². The van der Waals surface area contributed by atoms with Crippen LogP contribution in [-0.2, 0) is 5.41 Å². The lowest BCUT2D eigenvalue weighted by Crippen LogP contribution is -2.55. The van der Waals surface area contributed by atoms with E-state index in [1.54, 1.807) is 11.1 Å². The molecule has 4 bridgehead atoms. The van der Waals surface area contributed by atoms with Crippen molar-refractivity contribution >= 4 is 27.8 Å². The van der Waals surface area contributed by atoms with Crippen LogP contribution in [0.4, 0.5) is 17.1 Å². The zero-order valence-corrected chi connectivity index (χ0v) is 32.2. The Morgan fingerprint density at radius 1 is 0.368 bits per heavy atom. The predicted molar refractivity (Wildman–Crippen MR) is 238 cm³/mol. The maximum atomic E-state index is 2.54. The zero-order chi connectivity index (χ0) is 37.5. The van der Waals surface area contributed by atoms with Crippen LogP contribution in [0.5, 0.6) is 0 Å². The Labute approximate surface area is 336 Å². The lowest BCUT2D eigenvalue weighted by atomic mass is 9.43. The standard InChI is InChI=1S/C56H45N/c1-2-11-41(12-3-1)50-16-7-9-20-55(50)57(47-28-23-42(24-29-47)49-18-10-14-40-13-4-5-15-48(40)49)46-26-21-39(22-27-46)43-25-30-54-52(36-43)51-17-6-8-19-53(51)56(54)44-32-37-31-38(34-44)35-45(56)33-37/h1-30,36-38,44-45H,31-35H2. The first kappa shape index (κ1) is 33.0. The van der Waals surface area contributed by atoms with E-state index in [0.717, 1.165) is 40.7 Å². The molecule has 5 aliphatic rings. The Bertz CT molecular complexity index is 2760. The number of fused-ring (bicyclic) bond motifs is 4. The highest BCUT2D eigenvalue weighted by atomic mass is 15.1. The molecule has 0 atom stereocenters. The van der Waals surface area contributed by atoms with Crippen molar-refractivity contribution in [2.45, 2.75) is 37.5 Å². The first-order chi connectivity index (χ1) is 28.2. The second kappa shape index (κ2) is 12.9. The summed E-state index contributed by atoms with van der Waals surface area (Å²) in [5, 5.41) is 2.54. The molecule has 0 aromatic heterocycles. The van der Waals surface area contributed by atoms with E-state index < -0.39 is 0 Å². The van der Waals surface area contributed by atoms with Crippen LogP contribution in [-0.4, -0.2) is 0 Å². The summed E-state index contributed by atoms with van der Waals surface area (Å²) in [4.78, 5) is 2.42. The second-order valence-electron chi connectivity index (χ2n) is 17.3. The van der Waals surface area contributed by atoms with Crippen molar-refractivity contribution in [3.63, 3.8) is 0 Å². The fourth-order valence-corrected chi connectivity index (χ4v) is 12.4. The SMILES string of the molecule is c1ccc(-c2ccccc2N(c2ccc(-c3ccc4c(c3)-c3ccccc3C43C4CC5CC(C4)CC3C5)cc2)c2ccc(-c3cccc4ccccc34)cc2)cc1. The minimum atomic E-state index is 0.206. The van der Waals surface area contributed by atoms with E-state index in [4.69, 9.17) is 0 Å². The third-order valence-electron chi connectivity index (χ3n) is 14.5. The minimum Gasteiger partial charge on any atom is -0.310 e. The molecule has 0 aliphatic heterocycles. The van der Waals surface area contributed by atoms with E-state index in [-0.39, 0.29) is 5.41 Å². The molecule has 0 saturated heterocycles. The molecule has 4 fully saturated rings. The molecule has 0 amide bonds. The summed E-state index contributed by atoms with van der Waals surface area (Å²) in [6.45, 7) is 0. The molecule has 8 aromatic carbocycles. The molecule has 1 heteroatoms. The first-order valence-corrected chi connectivity index (χ1v) is 21.1. The van der Waals surface area contributed by atoms with Gasteiger partial charge in [-0.15, -0.1) is 0 Å². The molecule has 5 aliphatic carbocycles. The van der Waals surface area contributed by atoms with Crippen molar-refractivity contribution in [1.29, 1.82) is 0 Å². The molecular weight excluding hydrogens is 687 g/mol. The van der Waals surface area contributed by atoms with Crippen molar-refractivity contribution in [1.82, 2.24) is 0 Å². The van der Waals surface area contributed by atoms with E-state index in [1.165, 1.54) is 87.4 Å². The summed E-state index contributed by atoms with van der Waals surface area (Å²) >= 11 is 0. The molecule has 274 valence electrons. The van der Waals surface area contributed by atoms with Gasteiger partial charge < -0.3 is 4.90 Å². The van der Waals surface area contributed by atoms with Crippen LogP contribution in [0.2, 0.25) is 0 Å². The number of para-hydroxylation sites is 1. The number of hydrogen-bond donors (Lipinski definition) is 0. The van der Waals surface area contributed by atoms with Gasteiger partial charge in [0.15, 0.2) is 0 Å². The van der Waals surface area contributed by atoms with Gasteiger partial charge in [0.1, 0.15) is 0 Å². The average molecular weight is 732 g/mol. The van der Waals surface area contributed by atoms with Crippen LogP contribution in [0.15, 0.2) is 188 Å². The van der Waals surface area contributed by atoms with Gasteiger partial charge in [0, 0.05) is 22.4 Å². The number of hydrogen-bond acceptors (Lipinski definition) is 1. The molecule has 13 rings (SSSR count). The number of rotatable bonds is 6. The Morgan fingerprint density at radius 3 is 1.67 bits per heavy atom. The van der Waals surface area contributed by atoms with E-state index in [9.17, 15) is 0 Å². The third kappa shape index (κ3) is 5.08. The van der Waals surface area contributed by atoms with Crippen molar-refractivity contribution in [3.05, 3.63) is 199 Å².